The van der Waals surface area contributed by atoms with E-state index in [4.69, 9.17) is 14.2 Å². The molecule has 11 heteroatoms. The normalized spacial score (nSPS) is 18.4. The molecule has 1 amide bonds. The average Bonchev–Trinajstić information content (AvgIpc) is 3.45. The molecule has 0 aromatic rings. The van der Waals surface area contributed by atoms with Gasteiger partial charge in [-0.15, -0.1) is 0 Å². The van der Waals surface area contributed by atoms with E-state index in [0.717, 1.165) is 57.8 Å². The summed E-state index contributed by atoms with van der Waals surface area (Å²) in [5.41, 5.74) is 0. The highest BCUT2D eigenvalue weighted by molar-refractivity contribution is 5.76. The summed E-state index contributed by atoms with van der Waals surface area (Å²) in [4.78, 5) is 25.1. The summed E-state index contributed by atoms with van der Waals surface area (Å²) in [5.74, 6) is -0.176. The first kappa shape index (κ1) is 76.2. The molecule has 0 aromatic heterocycles. The fraction of sp³-hybridized carbons (Fsp3) is 0.913. The predicted octanol–water partition coefficient (Wildman–Crippen LogP) is 17.2. The van der Waals surface area contributed by atoms with E-state index in [2.05, 4.69) is 31.3 Å². The van der Waals surface area contributed by atoms with Crippen LogP contribution in [0.25, 0.3) is 0 Å². The molecule has 472 valence electrons. The molecule has 11 nitrogen and oxygen atoms in total. The van der Waals surface area contributed by atoms with E-state index in [0.29, 0.717) is 19.4 Å². The third kappa shape index (κ3) is 47.5. The maximum Gasteiger partial charge on any atom is 0.305 e. The Balaban J connectivity index is 2.03. The van der Waals surface area contributed by atoms with E-state index in [9.17, 15) is 35.1 Å². The van der Waals surface area contributed by atoms with Gasteiger partial charge in [0.2, 0.25) is 5.91 Å². The van der Waals surface area contributed by atoms with Gasteiger partial charge in [-0.25, -0.2) is 0 Å². The van der Waals surface area contributed by atoms with E-state index in [1.54, 1.807) is 6.08 Å². The van der Waals surface area contributed by atoms with Crippen molar-refractivity contribution in [3.05, 3.63) is 24.3 Å². The molecular weight excluding hydrogens is 1000 g/mol. The lowest BCUT2D eigenvalue weighted by Crippen LogP contribution is -2.60. The molecule has 1 rings (SSSR count). The molecular formula is C69H131NO10. The number of aliphatic hydroxyl groups excluding tert-OH is 5. The summed E-state index contributed by atoms with van der Waals surface area (Å²) in [6.45, 7) is 4.38. The van der Waals surface area contributed by atoms with Gasteiger partial charge < -0.3 is 45.1 Å². The maximum atomic E-state index is 13.1. The van der Waals surface area contributed by atoms with Gasteiger partial charge in [-0.1, -0.05) is 295 Å². The number of hydrogen-bond acceptors (Lipinski definition) is 10. The quantitative estimate of drug-likeness (QED) is 0.0195. The highest BCUT2D eigenvalue weighted by Crippen LogP contribution is 2.23. The number of allylic oxidation sites excluding steroid dienone is 3. The van der Waals surface area contributed by atoms with E-state index in [1.807, 2.05) is 6.08 Å². The predicted molar refractivity (Wildman–Crippen MR) is 334 cm³/mol. The number of carbonyl (C=O) groups is 2. The number of carbonyl (C=O) groups excluding carboxylic acids is 2. The number of unbranched alkanes of at least 4 members (excludes halogenated alkanes) is 45. The highest BCUT2D eigenvalue weighted by Gasteiger charge is 2.44. The first-order valence-electron chi connectivity index (χ1n) is 34.6. The number of aliphatic hydroxyl groups is 5. The monoisotopic (exact) mass is 1130 g/mol. The van der Waals surface area contributed by atoms with Crippen LogP contribution in [-0.2, 0) is 23.8 Å². The second-order valence-corrected chi connectivity index (χ2v) is 24.2. The Kier molecular flexibility index (Phi) is 56.1. The molecule has 1 fully saturated rings. The topological polar surface area (TPSA) is 175 Å². The summed E-state index contributed by atoms with van der Waals surface area (Å²) >= 11 is 0. The third-order valence-corrected chi connectivity index (χ3v) is 16.6. The van der Waals surface area contributed by atoms with Crippen molar-refractivity contribution in [2.24, 2.45) is 0 Å². The lowest BCUT2D eigenvalue weighted by Gasteiger charge is -2.40. The molecule has 7 atom stereocenters. The Hall–Kier alpha value is -1.86. The molecule has 0 radical (unpaired) electrons. The van der Waals surface area contributed by atoms with Gasteiger partial charge in [0.15, 0.2) is 6.29 Å². The minimum Gasteiger partial charge on any atom is -0.466 e. The van der Waals surface area contributed by atoms with Crippen LogP contribution in [0.2, 0.25) is 0 Å². The molecule has 1 aliphatic rings. The largest absolute Gasteiger partial charge is 0.466 e. The van der Waals surface area contributed by atoms with Crippen molar-refractivity contribution in [2.45, 2.75) is 384 Å². The Bertz CT molecular complexity index is 1380. The van der Waals surface area contributed by atoms with Gasteiger partial charge in [-0.05, 0) is 57.8 Å². The molecule has 1 aliphatic heterocycles. The van der Waals surface area contributed by atoms with Crippen LogP contribution in [-0.4, -0.2) is 100 Å². The van der Waals surface area contributed by atoms with Gasteiger partial charge in [0.05, 0.1) is 32.0 Å². The minimum absolute atomic E-state index is 0.00451. The zero-order valence-electron chi connectivity index (χ0n) is 52.3. The number of esters is 1. The first-order chi connectivity index (χ1) is 39.2. The highest BCUT2D eigenvalue weighted by atomic mass is 16.7. The number of ether oxygens (including phenoxy) is 3. The van der Waals surface area contributed by atoms with Crippen molar-refractivity contribution in [3.63, 3.8) is 0 Å². The fourth-order valence-corrected chi connectivity index (χ4v) is 11.1. The summed E-state index contributed by atoms with van der Waals surface area (Å²) in [6.07, 6.45) is 62.9. The number of hydrogen-bond donors (Lipinski definition) is 6. The van der Waals surface area contributed by atoms with Gasteiger partial charge in [0.1, 0.15) is 24.4 Å². The van der Waals surface area contributed by atoms with Crippen molar-refractivity contribution in [1.82, 2.24) is 5.32 Å². The van der Waals surface area contributed by atoms with Crippen molar-refractivity contribution in [2.75, 3.05) is 19.8 Å². The van der Waals surface area contributed by atoms with Crippen molar-refractivity contribution in [3.8, 4) is 0 Å². The number of rotatable bonds is 61. The minimum atomic E-state index is -1.57. The van der Waals surface area contributed by atoms with E-state index in [-0.39, 0.29) is 18.5 Å². The Labute approximate surface area is 492 Å². The lowest BCUT2D eigenvalue weighted by atomic mass is 9.99. The molecule has 0 spiro atoms. The fourth-order valence-electron chi connectivity index (χ4n) is 11.1. The molecule has 1 saturated heterocycles. The van der Waals surface area contributed by atoms with E-state index in [1.165, 1.54) is 257 Å². The van der Waals surface area contributed by atoms with Gasteiger partial charge in [0.25, 0.3) is 0 Å². The second-order valence-electron chi connectivity index (χ2n) is 24.2. The van der Waals surface area contributed by atoms with Gasteiger partial charge in [-0.2, -0.15) is 0 Å². The zero-order valence-corrected chi connectivity index (χ0v) is 52.3. The van der Waals surface area contributed by atoms with Crippen LogP contribution in [0, 0.1) is 0 Å². The Morgan fingerprint density at radius 1 is 0.450 bits per heavy atom. The van der Waals surface area contributed by atoms with Crippen LogP contribution in [0.1, 0.15) is 341 Å². The van der Waals surface area contributed by atoms with Gasteiger partial charge in [-0.3, -0.25) is 9.59 Å². The second kappa shape index (κ2) is 58.9. The number of nitrogens with one attached hydrogen (secondary N) is 1. The molecule has 0 aromatic carbocycles. The molecule has 0 aliphatic carbocycles. The average molecular weight is 1130 g/mol. The number of amides is 1. The molecule has 7 unspecified atom stereocenters. The van der Waals surface area contributed by atoms with Crippen LogP contribution in [0.15, 0.2) is 24.3 Å². The van der Waals surface area contributed by atoms with Crippen molar-refractivity contribution in [1.29, 1.82) is 0 Å². The zero-order chi connectivity index (χ0) is 58.0. The summed E-state index contributed by atoms with van der Waals surface area (Å²) in [7, 11) is 0. The SMILES string of the molecule is CCCCCCCCCCCCCCC/C=C/C(O)C(COC1OC(CO)C(O)C(O)C1O)NC(=O)CCCCCCCCCCCC/C=C\CCCCCCCCCCCCCCOC(=O)CCCCCCCCCCCCC. The summed E-state index contributed by atoms with van der Waals surface area (Å²) < 4.78 is 16.7. The summed E-state index contributed by atoms with van der Waals surface area (Å²) in [6, 6.07) is -0.811. The molecule has 80 heavy (non-hydrogen) atoms. The Morgan fingerprint density at radius 2 is 0.800 bits per heavy atom. The van der Waals surface area contributed by atoms with Gasteiger partial charge in [0, 0.05) is 12.8 Å². The van der Waals surface area contributed by atoms with E-state index < -0.39 is 49.5 Å². The van der Waals surface area contributed by atoms with E-state index >= 15 is 0 Å². The van der Waals surface area contributed by atoms with Crippen LogP contribution < -0.4 is 5.32 Å². The molecule has 0 saturated carbocycles. The standard InChI is InChI=1S/C69H131NO10/c1-3-5-7-9-11-13-15-16-29-32-36-39-43-47-51-55-62(72)61(60-79-69-68(77)67(76)66(75)63(59-71)80-69)70-64(73)56-52-48-44-40-37-33-30-27-25-23-21-19-17-18-20-22-24-26-28-31-34-38-42-46-50-54-58-78-65(74)57-53-49-45-41-35-14-12-10-8-6-4-2/h17,19,51,55,61-63,66-69,71-72,75-77H,3-16,18,20-50,52-54,56-60H2,1-2H3,(H,70,73)/b19-17-,55-51+. The molecule has 6 N–H and O–H groups in total. The Morgan fingerprint density at radius 3 is 1.20 bits per heavy atom. The molecule has 0 bridgehead atoms. The first-order valence-corrected chi connectivity index (χ1v) is 34.6. The van der Waals surface area contributed by atoms with Crippen LogP contribution in [0.4, 0.5) is 0 Å². The smallest absolute Gasteiger partial charge is 0.305 e. The summed E-state index contributed by atoms with van der Waals surface area (Å²) in [5, 5.41) is 54.6. The lowest BCUT2D eigenvalue weighted by molar-refractivity contribution is -0.302. The van der Waals surface area contributed by atoms with Crippen LogP contribution in [0.5, 0.6) is 0 Å². The van der Waals surface area contributed by atoms with Crippen LogP contribution in [0.3, 0.4) is 0 Å². The maximum absolute atomic E-state index is 13.1. The third-order valence-electron chi connectivity index (χ3n) is 16.6. The van der Waals surface area contributed by atoms with Crippen LogP contribution >= 0.6 is 0 Å². The van der Waals surface area contributed by atoms with Crippen molar-refractivity contribution < 1.29 is 49.3 Å². The van der Waals surface area contributed by atoms with Crippen molar-refractivity contribution >= 4 is 11.9 Å². The van der Waals surface area contributed by atoms with Gasteiger partial charge >= 0.3 is 5.97 Å². The molecule has 1 heterocycles.